The van der Waals surface area contributed by atoms with Gasteiger partial charge in [-0.1, -0.05) is 11.6 Å². The molecule has 1 aromatic carbocycles. The van der Waals surface area contributed by atoms with Crippen molar-refractivity contribution in [2.24, 2.45) is 5.73 Å². The Bertz CT molecular complexity index is 544. The molecule has 0 bridgehead atoms. The van der Waals surface area contributed by atoms with E-state index >= 15 is 0 Å². The van der Waals surface area contributed by atoms with E-state index in [1.54, 1.807) is 0 Å². The van der Waals surface area contributed by atoms with Gasteiger partial charge in [0.1, 0.15) is 5.82 Å². The molecule has 0 saturated heterocycles. The monoisotopic (exact) mass is 257 g/mol. The third kappa shape index (κ3) is 1.63. The molecule has 0 radical (unpaired) electrons. The van der Waals surface area contributed by atoms with Crippen LogP contribution < -0.4 is 5.73 Å². The number of hydrogen-bond acceptors (Lipinski definition) is 4. The number of Topliss-reactive ketones (excluding diaryl/α,β-unsaturated/α-hetero) is 1. The molecule has 1 aliphatic heterocycles. The highest BCUT2D eigenvalue weighted by molar-refractivity contribution is 6.32. The predicted octanol–water partition coefficient (Wildman–Crippen LogP) is 1.98. The van der Waals surface area contributed by atoms with Crippen molar-refractivity contribution >= 4 is 17.4 Å². The van der Waals surface area contributed by atoms with Crippen molar-refractivity contribution in [3.05, 3.63) is 46.2 Å². The van der Waals surface area contributed by atoms with Crippen molar-refractivity contribution in [1.82, 2.24) is 0 Å². The third-order valence-corrected chi connectivity index (χ3v) is 2.97. The smallest absolute Gasteiger partial charge is 0.250 e. The second-order valence-corrected chi connectivity index (χ2v) is 4.21. The Labute approximate surface area is 101 Å². The lowest BCUT2D eigenvalue weighted by molar-refractivity contribution is -0.131. The van der Waals surface area contributed by atoms with E-state index in [9.17, 15) is 14.3 Å². The van der Waals surface area contributed by atoms with Crippen LogP contribution in [0, 0.1) is 5.82 Å². The lowest BCUT2D eigenvalue weighted by atomic mass is 9.91. The van der Waals surface area contributed by atoms with E-state index in [0.29, 0.717) is 0 Å². The highest BCUT2D eigenvalue weighted by Crippen LogP contribution is 2.39. The van der Waals surface area contributed by atoms with E-state index in [1.807, 2.05) is 0 Å². The zero-order valence-corrected chi connectivity index (χ0v) is 9.58. The molecule has 1 aliphatic rings. The Kier molecular flexibility index (Phi) is 2.50. The minimum atomic E-state index is -1.59. The van der Waals surface area contributed by atoms with Crippen molar-refractivity contribution in [3.8, 4) is 0 Å². The summed E-state index contributed by atoms with van der Waals surface area (Å²) in [4.78, 5) is 11.8. The van der Waals surface area contributed by atoms with Crippen LogP contribution in [-0.2, 0) is 15.1 Å². The Hall–Kier alpha value is -1.75. The Balaban J connectivity index is 2.55. The summed E-state index contributed by atoms with van der Waals surface area (Å²) in [6, 6.07) is 3.54. The fraction of sp³-hybridized carbons (Fsp3) is 0.182. The Morgan fingerprint density at radius 3 is 2.71 bits per heavy atom. The van der Waals surface area contributed by atoms with Gasteiger partial charge in [-0.25, -0.2) is 4.39 Å². The molecule has 1 aromatic rings. The van der Waals surface area contributed by atoms with Gasteiger partial charge in [0, 0.05) is 10.6 Å². The maximum Gasteiger partial charge on any atom is 0.250 e. The van der Waals surface area contributed by atoms with Crippen molar-refractivity contribution in [3.63, 3.8) is 0 Å². The molecule has 0 fully saturated rings. The third-order valence-electron chi connectivity index (χ3n) is 2.64. The van der Waals surface area contributed by atoms with Crippen LogP contribution in [0.3, 0.4) is 0 Å². The number of benzene rings is 1. The van der Waals surface area contributed by atoms with Gasteiger partial charge in [0.2, 0.25) is 17.2 Å². The molecule has 17 heavy (non-hydrogen) atoms. The van der Waals surface area contributed by atoms with Crippen LogP contribution >= 0.6 is 11.6 Å². The number of nitrogens with two attached hydrogens (primary N) is 1. The summed E-state index contributed by atoms with van der Waals surface area (Å²) >= 11 is 5.89. The number of halogens is 2. The molecule has 1 unspecified atom stereocenters. The van der Waals surface area contributed by atoms with E-state index < -0.39 is 28.8 Å². The molecule has 0 saturated carbocycles. The molecule has 3 N–H and O–H groups in total. The highest BCUT2D eigenvalue weighted by atomic mass is 35.5. The standard InChI is InChI=1S/C11H9ClFNO3/c1-11(9(16)8(15)10(14)17-11)6-4-5(13)2-3-7(6)12/h2-4,15H,14H2,1H3. The lowest BCUT2D eigenvalue weighted by Gasteiger charge is -2.23. The first-order chi connectivity index (χ1) is 7.86. The maximum atomic E-state index is 13.2. The highest BCUT2D eigenvalue weighted by Gasteiger charge is 2.48. The van der Waals surface area contributed by atoms with Gasteiger partial charge in [0.15, 0.2) is 0 Å². The molecule has 4 nitrogen and oxygen atoms in total. The summed E-state index contributed by atoms with van der Waals surface area (Å²) in [5.41, 5.74) is 3.85. The molecule has 0 aromatic heterocycles. The summed E-state index contributed by atoms with van der Waals surface area (Å²) in [7, 11) is 0. The Morgan fingerprint density at radius 2 is 2.18 bits per heavy atom. The van der Waals surface area contributed by atoms with Gasteiger partial charge in [-0.2, -0.15) is 0 Å². The molecule has 0 aliphatic carbocycles. The van der Waals surface area contributed by atoms with Crippen LogP contribution in [0.25, 0.3) is 0 Å². The molecule has 1 heterocycles. The first kappa shape index (κ1) is 11.7. The molecule has 90 valence electrons. The van der Waals surface area contributed by atoms with Crippen molar-refractivity contribution in [2.75, 3.05) is 0 Å². The number of hydrogen-bond donors (Lipinski definition) is 2. The minimum absolute atomic E-state index is 0.121. The number of ketones is 1. The molecular formula is C11H9ClFNO3. The van der Waals surface area contributed by atoms with Crippen LogP contribution in [0.15, 0.2) is 29.8 Å². The molecule has 0 spiro atoms. The van der Waals surface area contributed by atoms with Crippen LogP contribution in [0.5, 0.6) is 0 Å². The topological polar surface area (TPSA) is 72.6 Å². The first-order valence-corrected chi connectivity index (χ1v) is 5.12. The fourth-order valence-corrected chi connectivity index (χ4v) is 1.99. The Morgan fingerprint density at radius 1 is 1.53 bits per heavy atom. The van der Waals surface area contributed by atoms with Crippen molar-refractivity contribution in [2.45, 2.75) is 12.5 Å². The number of carbonyl (C=O) groups excluding carboxylic acids is 1. The van der Waals surface area contributed by atoms with Crippen LogP contribution in [0.4, 0.5) is 4.39 Å². The maximum absolute atomic E-state index is 13.2. The zero-order chi connectivity index (χ0) is 12.8. The van der Waals surface area contributed by atoms with Gasteiger partial charge in [0.05, 0.1) is 0 Å². The fourth-order valence-electron chi connectivity index (χ4n) is 1.69. The summed E-state index contributed by atoms with van der Waals surface area (Å²) < 4.78 is 18.3. The number of ether oxygens (including phenoxy) is 1. The second kappa shape index (κ2) is 3.63. The molecule has 0 amide bonds. The quantitative estimate of drug-likeness (QED) is 0.807. The second-order valence-electron chi connectivity index (χ2n) is 3.80. The minimum Gasteiger partial charge on any atom is -0.501 e. The van der Waals surface area contributed by atoms with Gasteiger partial charge in [0.25, 0.3) is 5.78 Å². The lowest BCUT2D eigenvalue weighted by Crippen LogP contribution is -2.31. The first-order valence-electron chi connectivity index (χ1n) is 4.74. The number of aliphatic hydroxyl groups excluding tert-OH is 1. The van der Waals surface area contributed by atoms with E-state index in [1.165, 1.54) is 13.0 Å². The van der Waals surface area contributed by atoms with Crippen LogP contribution in [0.2, 0.25) is 5.02 Å². The molecule has 1 atom stereocenters. The number of aliphatic hydroxyl groups is 1. The summed E-state index contributed by atoms with van der Waals surface area (Å²) in [6.07, 6.45) is 0. The van der Waals surface area contributed by atoms with Crippen LogP contribution in [-0.4, -0.2) is 10.9 Å². The van der Waals surface area contributed by atoms with Gasteiger partial charge in [-0.3, -0.25) is 4.79 Å². The summed E-state index contributed by atoms with van der Waals surface area (Å²) in [5.74, 6) is -2.37. The zero-order valence-electron chi connectivity index (χ0n) is 8.83. The normalized spacial score (nSPS) is 24.1. The molecule has 6 heteroatoms. The van der Waals surface area contributed by atoms with Crippen LogP contribution in [0.1, 0.15) is 12.5 Å². The SMILES string of the molecule is CC1(c2cc(F)ccc2Cl)OC(N)=C(O)C1=O. The van der Waals surface area contributed by atoms with Crippen molar-refractivity contribution < 1.29 is 19.0 Å². The van der Waals surface area contributed by atoms with Gasteiger partial charge >= 0.3 is 0 Å². The molecule has 2 rings (SSSR count). The summed E-state index contributed by atoms with van der Waals surface area (Å²) in [5, 5.41) is 9.52. The van der Waals surface area contributed by atoms with Gasteiger partial charge in [-0.05, 0) is 25.1 Å². The van der Waals surface area contributed by atoms with E-state index in [-0.39, 0.29) is 10.6 Å². The largest absolute Gasteiger partial charge is 0.501 e. The van der Waals surface area contributed by atoms with Gasteiger partial charge in [-0.15, -0.1) is 0 Å². The predicted molar refractivity (Wildman–Crippen MR) is 58.7 cm³/mol. The number of carbonyl (C=O) groups is 1. The van der Waals surface area contributed by atoms with Gasteiger partial charge < -0.3 is 15.6 Å². The average Bonchev–Trinajstić information content (AvgIpc) is 2.47. The summed E-state index contributed by atoms with van der Waals surface area (Å²) in [6.45, 7) is 1.37. The van der Waals surface area contributed by atoms with E-state index in [4.69, 9.17) is 22.1 Å². The molecular weight excluding hydrogens is 249 g/mol. The van der Waals surface area contributed by atoms with E-state index in [2.05, 4.69) is 0 Å². The average molecular weight is 258 g/mol. The number of rotatable bonds is 1. The van der Waals surface area contributed by atoms with Crippen molar-refractivity contribution in [1.29, 1.82) is 0 Å². The van der Waals surface area contributed by atoms with E-state index in [0.717, 1.165) is 12.1 Å².